The van der Waals surface area contributed by atoms with Gasteiger partial charge >= 0.3 is 12.1 Å². The number of carboxylic acid groups (broad SMARTS) is 1. The van der Waals surface area contributed by atoms with E-state index in [4.69, 9.17) is 5.11 Å². The SMILES string of the molecule is O=C(O)C(O)c1cccc(C(F)(F)F)c1-c1ccccc1F. The number of carbonyl (C=O) groups is 1. The lowest BCUT2D eigenvalue weighted by atomic mass is 9.91. The number of aliphatic hydroxyl groups excluding tert-OH is 1. The molecular formula is C15H10F4O3. The Balaban J connectivity index is 2.83. The van der Waals surface area contributed by atoms with E-state index >= 15 is 0 Å². The molecule has 2 aromatic carbocycles. The number of aliphatic carboxylic acids is 1. The molecule has 22 heavy (non-hydrogen) atoms. The summed E-state index contributed by atoms with van der Waals surface area (Å²) in [6, 6.07) is 7.37. The summed E-state index contributed by atoms with van der Waals surface area (Å²) in [6.07, 6.45) is -7.02. The zero-order valence-corrected chi connectivity index (χ0v) is 10.9. The molecule has 0 amide bonds. The fraction of sp³-hybridized carbons (Fsp3) is 0.133. The first-order valence-electron chi connectivity index (χ1n) is 6.09. The van der Waals surface area contributed by atoms with Crippen molar-refractivity contribution in [3.63, 3.8) is 0 Å². The molecule has 0 saturated heterocycles. The van der Waals surface area contributed by atoms with E-state index in [0.29, 0.717) is 6.07 Å². The Morgan fingerprint density at radius 3 is 2.23 bits per heavy atom. The first-order valence-corrected chi connectivity index (χ1v) is 6.09. The maximum Gasteiger partial charge on any atom is 0.417 e. The largest absolute Gasteiger partial charge is 0.479 e. The number of hydrogen-bond acceptors (Lipinski definition) is 2. The highest BCUT2D eigenvalue weighted by Crippen LogP contribution is 2.41. The van der Waals surface area contributed by atoms with Crippen LogP contribution in [0.1, 0.15) is 17.2 Å². The van der Waals surface area contributed by atoms with Crippen molar-refractivity contribution in [1.82, 2.24) is 0 Å². The van der Waals surface area contributed by atoms with Crippen LogP contribution < -0.4 is 0 Å². The highest BCUT2D eigenvalue weighted by Gasteiger charge is 2.36. The van der Waals surface area contributed by atoms with Crippen molar-refractivity contribution in [2.24, 2.45) is 0 Å². The van der Waals surface area contributed by atoms with E-state index in [0.717, 1.165) is 24.3 Å². The van der Waals surface area contributed by atoms with E-state index in [1.807, 2.05) is 0 Å². The van der Waals surface area contributed by atoms with Crippen LogP contribution in [0.25, 0.3) is 11.1 Å². The third kappa shape index (κ3) is 2.94. The topological polar surface area (TPSA) is 57.5 Å². The molecule has 0 heterocycles. The van der Waals surface area contributed by atoms with Crippen LogP contribution in [0.3, 0.4) is 0 Å². The summed E-state index contributed by atoms with van der Waals surface area (Å²) in [5.41, 5.74) is -2.84. The first kappa shape index (κ1) is 16.0. The zero-order chi connectivity index (χ0) is 16.5. The van der Waals surface area contributed by atoms with Crippen molar-refractivity contribution < 1.29 is 32.6 Å². The van der Waals surface area contributed by atoms with Gasteiger partial charge in [-0.25, -0.2) is 9.18 Å². The average Bonchev–Trinajstić information content (AvgIpc) is 2.45. The molecule has 7 heteroatoms. The molecule has 2 N–H and O–H groups in total. The van der Waals surface area contributed by atoms with Gasteiger partial charge in [-0.2, -0.15) is 13.2 Å². The molecule has 0 aliphatic carbocycles. The normalized spacial score (nSPS) is 13.0. The summed E-state index contributed by atoms with van der Waals surface area (Å²) in [7, 11) is 0. The van der Waals surface area contributed by atoms with E-state index < -0.39 is 46.3 Å². The number of rotatable bonds is 3. The van der Waals surface area contributed by atoms with Crippen LogP contribution in [0, 0.1) is 5.82 Å². The molecule has 0 radical (unpaired) electrons. The van der Waals surface area contributed by atoms with Gasteiger partial charge in [0.1, 0.15) is 5.82 Å². The summed E-state index contributed by atoms with van der Waals surface area (Å²) in [5.74, 6) is -2.67. The van der Waals surface area contributed by atoms with Crippen molar-refractivity contribution in [3.05, 3.63) is 59.4 Å². The number of benzene rings is 2. The van der Waals surface area contributed by atoms with Gasteiger partial charge in [0.15, 0.2) is 6.10 Å². The van der Waals surface area contributed by atoms with Gasteiger partial charge < -0.3 is 10.2 Å². The number of halogens is 4. The highest BCUT2D eigenvalue weighted by molar-refractivity contribution is 5.81. The van der Waals surface area contributed by atoms with E-state index in [1.54, 1.807) is 0 Å². The van der Waals surface area contributed by atoms with Crippen LogP contribution in [0.15, 0.2) is 42.5 Å². The Bertz CT molecular complexity index is 710. The minimum absolute atomic E-state index is 0.425. The summed E-state index contributed by atoms with van der Waals surface area (Å²) in [5, 5.41) is 18.5. The zero-order valence-electron chi connectivity index (χ0n) is 10.9. The molecule has 1 atom stereocenters. The Labute approximate surface area is 122 Å². The van der Waals surface area contributed by atoms with E-state index in [2.05, 4.69) is 0 Å². The van der Waals surface area contributed by atoms with Crippen LogP contribution in [-0.4, -0.2) is 16.2 Å². The van der Waals surface area contributed by atoms with Crippen molar-refractivity contribution >= 4 is 5.97 Å². The fourth-order valence-corrected chi connectivity index (χ4v) is 2.13. The van der Waals surface area contributed by atoms with Crippen molar-refractivity contribution in [1.29, 1.82) is 0 Å². The van der Waals surface area contributed by atoms with Crippen LogP contribution in [0.5, 0.6) is 0 Å². The lowest BCUT2D eigenvalue weighted by Crippen LogP contribution is -2.15. The molecule has 0 saturated carbocycles. The van der Waals surface area contributed by atoms with Crippen LogP contribution in [0.2, 0.25) is 0 Å². The van der Waals surface area contributed by atoms with Gasteiger partial charge in [-0.05, 0) is 12.1 Å². The Hall–Kier alpha value is -2.41. The lowest BCUT2D eigenvalue weighted by molar-refractivity contribution is -0.147. The monoisotopic (exact) mass is 314 g/mol. The molecule has 0 bridgehead atoms. The Kier molecular flexibility index (Phi) is 4.18. The smallest absolute Gasteiger partial charge is 0.417 e. The number of hydrogen-bond donors (Lipinski definition) is 2. The predicted octanol–water partition coefficient (Wildman–Crippen LogP) is 3.63. The summed E-state index contributed by atoms with van der Waals surface area (Å²) >= 11 is 0. The molecule has 0 aliphatic rings. The minimum Gasteiger partial charge on any atom is -0.479 e. The molecule has 0 fully saturated rings. The van der Waals surface area contributed by atoms with Gasteiger partial charge in [-0.15, -0.1) is 0 Å². The second-order valence-electron chi connectivity index (χ2n) is 4.49. The highest BCUT2D eigenvalue weighted by atomic mass is 19.4. The number of carboxylic acids is 1. The van der Waals surface area contributed by atoms with Crippen molar-refractivity contribution in [3.8, 4) is 11.1 Å². The molecule has 2 aromatic rings. The minimum atomic E-state index is -4.83. The third-order valence-electron chi connectivity index (χ3n) is 3.07. The molecule has 0 aromatic heterocycles. The van der Waals surface area contributed by atoms with Gasteiger partial charge in [-0.1, -0.05) is 30.3 Å². The van der Waals surface area contributed by atoms with Gasteiger partial charge in [0.25, 0.3) is 0 Å². The van der Waals surface area contributed by atoms with Crippen molar-refractivity contribution in [2.45, 2.75) is 12.3 Å². The first-order chi connectivity index (χ1) is 10.2. The summed E-state index contributed by atoms with van der Waals surface area (Å²) in [6.45, 7) is 0. The molecule has 116 valence electrons. The summed E-state index contributed by atoms with van der Waals surface area (Å²) < 4.78 is 53.4. The number of alkyl halides is 3. The maximum atomic E-state index is 13.9. The van der Waals surface area contributed by atoms with Crippen LogP contribution in [0.4, 0.5) is 17.6 Å². The molecule has 1 unspecified atom stereocenters. The number of aliphatic hydroxyl groups is 1. The quantitative estimate of drug-likeness (QED) is 0.851. The standard InChI is InChI=1S/C15H10F4O3/c16-11-7-2-1-4-8(11)12-9(13(20)14(21)22)5-3-6-10(12)15(17,18)19/h1-7,13,20H,(H,21,22). The van der Waals surface area contributed by atoms with Gasteiger partial charge in [0.2, 0.25) is 0 Å². The van der Waals surface area contributed by atoms with Gasteiger partial charge in [-0.3, -0.25) is 0 Å². The summed E-state index contributed by atoms with van der Waals surface area (Å²) in [4.78, 5) is 10.9. The molecule has 3 nitrogen and oxygen atoms in total. The van der Waals surface area contributed by atoms with E-state index in [1.165, 1.54) is 12.1 Å². The fourth-order valence-electron chi connectivity index (χ4n) is 2.13. The Morgan fingerprint density at radius 1 is 1.05 bits per heavy atom. The molecule has 0 aliphatic heterocycles. The second kappa shape index (κ2) is 5.76. The second-order valence-corrected chi connectivity index (χ2v) is 4.49. The van der Waals surface area contributed by atoms with Crippen LogP contribution in [-0.2, 0) is 11.0 Å². The van der Waals surface area contributed by atoms with E-state index in [-0.39, 0.29) is 0 Å². The lowest BCUT2D eigenvalue weighted by Gasteiger charge is -2.19. The maximum absolute atomic E-state index is 13.9. The molecular weight excluding hydrogens is 304 g/mol. The van der Waals surface area contributed by atoms with Gasteiger partial charge in [0.05, 0.1) is 5.56 Å². The molecule has 2 rings (SSSR count). The van der Waals surface area contributed by atoms with Crippen LogP contribution >= 0.6 is 0 Å². The Morgan fingerprint density at radius 2 is 1.68 bits per heavy atom. The van der Waals surface area contributed by atoms with Crippen molar-refractivity contribution in [2.75, 3.05) is 0 Å². The molecule has 0 spiro atoms. The third-order valence-corrected chi connectivity index (χ3v) is 3.07. The van der Waals surface area contributed by atoms with Gasteiger partial charge in [0, 0.05) is 16.7 Å². The average molecular weight is 314 g/mol. The predicted molar refractivity (Wildman–Crippen MR) is 69.4 cm³/mol. The van der Waals surface area contributed by atoms with E-state index in [9.17, 15) is 27.5 Å².